The molecule has 4 atom stereocenters. The molecule has 0 aliphatic heterocycles. The molecule has 0 aliphatic rings. The lowest BCUT2D eigenvalue weighted by atomic mass is 9.99. The molecule has 0 saturated carbocycles. The maximum absolute atomic E-state index is 12.7. The number of amides is 1. The van der Waals surface area contributed by atoms with Crippen molar-refractivity contribution < 1.29 is 25.2 Å². The van der Waals surface area contributed by atoms with E-state index in [2.05, 4.69) is 19.2 Å². The molecule has 82 heavy (non-hydrogen) atoms. The van der Waals surface area contributed by atoms with Gasteiger partial charge in [-0.15, -0.1) is 0 Å². The molecule has 0 heterocycles. The molecule has 0 aromatic rings. The van der Waals surface area contributed by atoms with E-state index >= 15 is 0 Å². The van der Waals surface area contributed by atoms with Gasteiger partial charge in [0.1, 0.15) is 12.2 Å². The van der Waals surface area contributed by atoms with E-state index in [-0.39, 0.29) is 0 Å². The lowest BCUT2D eigenvalue weighted by Gasteiger charge is -2.27. The summed E-state index contributed by atoms with van der Waals surface area (Å²) in [5.41, 5.74) is 0. The molecule has 492 valence electrons. The number of aliphatic hydroxyl groups excluding tert-OH is 4. The number of nitrogens with one attached hydrogen (secondary N) is 1. The second-order valence-electron chi connectivity index (χ2n) is 27.1. The first kappa shape index (κ1) is 81.3. The Labute approximate surface area is 515 Å². The van der Waals surface area contributed by atoms with Crippen LogP contribution in [-0.2, 0) is 4.79 Å². The maximum Gasteiger partial charge on any atom is 0.249 e. The van der Waals surface area contributed by atoms with Gasteiger partial charge in [0, 0.05) is 0 Å². The highest BCUT2D eigenvalue weighted by Gasteiger charge is 2.29. The van der Waals surface area contributed by atoms with Gasteiger partial charge in [-0.25, -0.2) is 0 Å². The topological polar surface area (TPSA) is 110 Å². The molecule has 4 unspecified atom stereocenters. The first-order chi connectivity index (χ1) is 40.5. The number of carbonyl (C=O) groups excluding carboxylic acids is 1. The molecular weight excluding hydrogens is 1010 g/mol. The Morgan fingerprint density at radius 3 is 0.585 bits per heavy atom. The summed E-state index contributed by atoms with van der Waals surface area (Å²) in [6, 6.07) is -0.983. The molecule has 0 rings (SSSR count). The molecule has 0 aliphatic carbocycles. The summed E-state index contributed by atoms with van der Waals surface area (Å²) >= 11 is 0. The number of unbranched alkanes of at least 4 members (excludes halogenated alkanes) is 64. The zero-order valence-corrected chi connectivity index (χ0v) is 56.3. The summed E-state index contributed by atoms with van der Waals surface area (Å²) in [5, 5.41) is 44.3. The third-order valence-corrected chi connectivity index (χ3v) is 18.8. The van der Waals surface area contributed by atoms with Crippen LogP contribution in [0.25, 0.3) is 0 Å². The van der Waals surface area contributed by atoms with Crippen LogP contribution in [0.3, 0.4) is 0 Å². The van der Waals surface area contributed by atoms with Crippen molar-refractivity contribution in [1.29, 1.82) is 0 Å². The fraction of sp³-hybridized carbons (Fsp3) is 0.987. The number of aliphatic hydroxyl groups is 4. The molecule has 0 radical (unpaired) electrons. The Morgan fingerprint density at radius 2 is 0.415 bits per heavy atom. The van der Waals surface area contributed by atoms with Crippen LogP contribution < -0.4 is 5.32 Å². The van der Waals surface area contributed by atoms with Crippen LogP contribution in [0.15, 0.2) is 0 Å². The highest BCUT2D eigenvalue weighted by molar-refractivity contribution is 5.80. The lowest BCUT2D eigenvalue weighted by Crippen LogP contribution is -2.53. The molecule has 0 fully saturated rings. The summed E-state index contributed by atoms with van der Waals surface area (Å²) in [7, 11) is 0. The zero-order valence-electron chi connectivity index (χ0n) is 56.3. The highest BCUT2D eigenvalue weighted by atomic mass is 16.3. The number of hydrogen-bond donors (Lipinski definition) is 5. The van der Waals surface area contributed by atoms with Gasteiger partial charge >= 0.3 is 0 Å². The predicted molar refractivity (Wildman–Crippen MR) is 362 cm³/mol. The molecule has 0 spiro atoms. The monoisotopic (exact) mass is 1160 g/mol. The van der Waals surface area contributed by atoms with Crippen molar-refractivity contribution in [2.24, 2.45) is 0 Å². The van der Waals surface area contributed by atoms with Crippen molar-refractivity contribution in [1.82, 2.24) is 5.32 Å². The first-order valence-corrected chi connectivity index (χ1v) is 38.4. The van der Waals surface area contributed by atoms with Gasteiger partial charge in [-0.3, -0.25) is 4.79 Å². The molecule has 1 amide bonds. The van der Waals surface area contributed by atoms with Crippen molar-refractivity contribution in [3.05, 3.63) is 0 Å². The lowest BCUT2D eigenvalue weighted by molar-refractivity contribution is -0.132. The van der Waals surface area contributed by atoms with Crippen molar-refractivity contribution >= 4 is 5.91 Å². The zero-order chi connectivity index (χ0) is 59.4. The van der Waals surface area contributed by atoms with E-state index < -0.39 is 36.9 Å². The number of hydrogen-bond acceptors (Lipinski definition) is 5. The van der Waals surface area contributed by atoms with Crippen LogP contribution in [0.4, 0.5) is 0 Å². The smallest absolute Gasteiger partial charge is 0.249 e. The van der Waals surface area contributed by atoms with Gasteiger partial charge in [-0.1, -0.05) is 438 Å². The minimum Gasteiger partial charge on any atom is -0.394 e. The van der Waals surface area contributed by atoms with Gasteiger partial charge in [-0.2, -0.15) is 0 Å². The van der Waals surface area contributed by atoms with Gasteiger partial charge in [0.15, 0.2) is 0 Å². The molecule has 6 nitrogen and oxygen atoms in total. The van der Waals surface area contributed by atoms with Crippen LogP contribution in [0.2, 0.25) is 0 Å². The van der Waals surface area contributed by atoms with E-state index in [9.17, 15) is 25.2 Å². The van der Waals surface area contributed by atoms with Crippen molar-refractivity contribution in [3.63, 3.8) is 0 Å². The Hall–Kier alpha value is -0.690. The largest absolute Gasteiger partial charge is 0.394 e. The summed E-state index contributed by atoms with van der Waals surface area (Å²) in [6.07, 6.45) is 88.4. The van der Waals surface area contributed by atoms with Gasteiger partial charge in [-0.05, 0) is 12.8 Å². The van der Waals surface area contributed by atoms with Crippen LogP contribution in [0.5, 0.6) is 0 Å². The third kappa shape index (κ3) is 63.8. The fourth-order valence-electron chi connectivity index (χ4n) is 12.9. The van der Waals surface area contributed by atoms with Crippen LogP contribution in [0, 0.1) is 0 Å². The van der Waals surface area contributed by atoms with Crippen molar-refractivity contribution in [2.75, 3.05) is 6.61 Å². The van der Waals surface area contributed by atoms with E-state index in [1.165, 1.54) is 385 Å². The Morgan fingerprint density at radius 1 is 0.256 bits per heavy atom. The summed E-state index contributed by atoms with van der Waals surface area (Å²) < 4.78 is 0. The van der Waals surface area contributed by atoms with Gasteiger partial charge in [0.25, 0.3) is 0 Å². The van der Waals surface area contributed by atoms with Gasteiger partial charge < -0.3 is 25.7 Å². The standard InChI is InChI=1S/C76H153NO5/c1-3-5-7-9-11-13-15-17-19-21-23-25-27-29-31-33-35-36-37-38-39-40-42-44-46-48-50-52-54-56-58-60-62-64-66-68-70-74(80)76(82)77-72(71-78)75(81)73(79)69-67-65-63-61-59-57-55-53-51-49-47-45-43-41-34-32-30-28-26-24-22-20-18-16-14-12-10-8-6-4-2/h72-75,78-81H,3-71H2,1-2H3,(H,77,82). The SMILES string of the molecule is CCCCCCCCCCCCCCCCCCCCCCCCCCCCCCCCCCCCCCC(O)C(=O)NC(CO)C(O)C(O)CCCCCCCCCCCCCCCCCCCCCCCCCCCCCCCC. The van der Waals surface area contributed by atoms with E-state index in [1.807, 2.05) is 0 Å². The van der Waals surface area contributed by atoms with E-state index in [4.69, 9.17) is 0 Å². The van der Waals surface area contributed by atoms with Crippen LogP contribution in [0.1, 0.15) is 450 Å². The molecule has 0 saturated heterocycles. The molecule has 0 bridgehead atoms. The Balaban J connectivity index is 3.47. The van der Waals surface area contributed by atoms with Gasteiger partial charge in [0.05, 0.1) is 18.8 Å². The minimum atomic E-state index is -1.26. The molecule has 0 aromatic carbocycles. The maximum atomic E-state index is 12.7. The van der Waals surface area contributed by atoms with Gasteiger partial charge in [0.2, 0.25) is 5.91 Å². The van der Waals surface area contributed by atoms with Crippen LogP contribution in [-0.4, -0.2) is 57.3 Å². The third-order valence-electron chi connectivity index (χ3n) is 18.8. The summed E-state index contributed by atoms with van der Waals surface area (Å²) in [5.74, 6) is -0.572. The normalized spacial score (nSPS) is 13.3. The Kier molecular flexibility index (Phi) is 70.5. The number of rotatable bonds is 73. The molecule has 5 N–H and O–H groups in total. The van der Waals surface area contributed by atoms with E-state index in [0.717, 1.165) is 38.5 Å². The fourth-order valence-corrected chi connectivity index (χ4v) is 12.9. The molecular formula is C76H153NO5. The predicted octanol–water partition coefficient (Wildman–Crippen LogP) is 24.1. The second-order valence-corrected chi connectivity index (χ2v) is 27.1. The summed E-state index contributed by atoms with van der Waals surface area (Å²) in [4.78, 5) is 12.7. The summed E-state index contributed by atoms with van der Waals surface area (Å²) in [6.45, 7) is 4.13. The highest BCUT2D eigenvalue weighted by Crippen LogP contribution is 2.21. The molecule has 0 aromatic heterocycles. The van der Waals surface area contributed by atoms with Crippen molar-refractivity contribution in [2.45, 2.75) is 475 Å². The average molecular weight is 1160 g/mol. The van der Waals surface area contributed by atoms with E-state index in [1.54, 1.807) is 0 Å². The minimum absolute atomic E-state index is 0.377. The number of carbonyl (C=O) groups is 1. The molecule has 6 heteroatoms. The van der Waals surface area contributed by atoms with E-state index in [0.29, 0.717) is 12.8 Å². The Bertz CT molecular complexity index is 1170. The second kappa shape index (κ2) is 71.1. The first-order valence-electron chi connectivity index (χ1n) is 38.4. The quantitative estimate of drug-likeness (QED) is 0.0390. The van der Waals surface area contributed by atoms with Crippen molar-refractivity contribution in [3.8, 4) is 0 Å². The van der Waals surface area contributed by atoms with Crippen LogP contribution >= 0.6 is 0 Å². The average Bonchev–Trinajstić information content (AvgIpc) is 3.49.